The fourth-order valence-electron chi connectivity index (χ4n) is 2.68. The van der Waals surface area contributed by atoms with Gasteiger partial charge in [-0.25, -0.2) is 0 Å². The van der Waals surface area contributed by atoms with Gasteiger partial charge in [0.25, 0.3) is 0 Å². The van der Waals surface area contributed by atoms with Crippen LogP contribution in [0.4, 0.5) is 5.69 Å². The Balaban J connectivity index is 2.18. The van der Waals surface area contributed by atoms with Gasteiger partial charge < -0.3 is 10.2 Å². The number of aromatic nitrogens is 1. The van der Waals surface area contributed by atoms with Gasteiger partial charge in [0.2, 0.25) is 0 Å². The zero-order chi connectivity index (χ0) is 14.6. The Hall–Kier alpha value is -1.09. The van der Waals surface area contributed by atoms with Crippen LogP contribution in [-0.2, 0) is 6.54 Å². The summed E-state index contributed by atoms with van der Waals surface area (Å²) in [5.74, 6) is 0. The molecular weight excluding hydrogens is 246 g/mol. The van der Waals surface area contributed by atoms with Gasteiger partial charge >= 0.3 is 0 Å². The number of nitrogens with zero attached hydrogens (tertiary/aromatic N) is 2. The number of hydrogen-bond donors (Lipinski definition) is 1. The van der Waals surface area contributed by atoms with Crippen LogP contribution in [0.1, 0.15) is 57.7 Å². The van der Waals surface area contributed by atoms with E-state index in [1.54, 1.807) is 0 Å². The molecule has 1 aromatic rings. The van der Waals surface area contributed by atoms with Crippen molar-refractivity contribution in [1.82, 2.24) is 10.3 Å². The molecule has 3 heteroatoms. The van der Waals surface area contributed by atoms with E-state index in [9.17, 15) is 0 Å². The maximum atomic E-state index is 4.49. The fourth-order valence-corrected chi connectivity index (χ4v) is 2.68. The highest BCUT2D eigenvalue weighted by Gasteiger charge is 2.16. The third-order valence-electron chi connectivity index (χ3n) is 3.85. The molecule has 0 bridgehead atoms. The van der Waals surface area contributed by atoms with E-state index in [1.807, 2.05) is 6.20 Å². The normalized spacial score (nSPS) is 17.1. The molecule has 1 fully saturated rings. The number of hydrogen-bond acceptors (Lipinski definition) is 3. The molecule has 20 heavy (non-hydrogen) atoms. The van der Waals surface area contributed by atoms with Gasteiger partial charge in [-0.3, -0.25) is 4.98 Å². The summed E-state index contributed by atoms with van der Waals surface area (Å²) >= 11 is 0. The van der Waals surface area contributed by atoms with Crippen molar-refractivity contribution in [3.05, 3.63) is 23.5 Å². The summed E-state index contributed by atoms with van der Waals surface area (Å²) in [6, 6.07) is 2.25. The zero-order valence-electron chi connectivity index (χ0n) is 13.5. The second-order valence-electron chi connectivity index (χ2n) is 6.96. The molecule has 112 valence electrons. The summed E-state index contributed by atoms with van der Waals surface area (Å²) in [5, 5.41) is 3.59. The first kappa shape index (κ1) is 15.3. The van der Waals surface area contributed by atoms with Crippen molar-refractivity contribution in [3.8, 4) is 0 Å². The molecule has 0 radical (unpaired) electrons. The van der Waals surface area contributed by atoms with E-state index in [1.165, 1.54) is 50.0 Å². The lowest BCUT2D eigenvalue weighted by Crippen LogP contribution is -2.36. The van der Waals surface area contributed by atoms with E-state index >= 15 is 0 Å². The molecule has 0 aromatic carbocycles. The van der Waals surface area contributed by atoms with E-state index in [2.05, 4.69) is 49.0 Å². The van der Waals surface area contributed by atoms with Gasteiger partial charge in [0.15, 0.2) is 0 Å². The summed E-state index contributed by atoms with van der Waals surface area (Å²) in [6.07, 6.45) is 7.42. The van der Waals surface area contributed by atoms with E-state index < -0.39 is 0 Å². The van der Waals surface area contributed by atoms with Gasteiger partial charge in [0.1, 0.15) is 0 Å². The quantitative estimate of drug-likeness (QED) is 0.912. The molecule has 0 spiro atoms. The van der Waals surface area contributed by atoms with Crippen molar-refractivity contribution in [1.29, 1.82) is 0 Å². The van der Waals surface area contributed by atoms with Crippen LogP contribution in [0.2, 0.25) is 0 Å². The van der Waals surface area contributed by atoms with Crippen molar-refractivity contribution >= 4 is 5.69 Å². The monoisotopic (exact) mass is 275 g/mol. The van der Waals surface area contributed by atoms with Crippen molar-refractivity contribution in [3.63, 3.8) is 0 Å². The number of pyridine rings is 1. The smallest absolute Gasteiger partial charge is 0.0445 e. The van der Waals surface area contributed by atoms with Gasteiger partial charge in [-0.1, -0.05) is 12.8 Å². The van der Waals surface area contributed by atoms with Crippen LogP contribution in [0, 0.1) is 6.92 Å². The first-order chi connectivity index (χ1) is 9.46. The second-order valence-corrected chi connectivity index (χ2v) is 6.96. The van der Waals surface area contributed by atoms with Gasteiger partial charge in [-0.15, -0.1) is 0 Å². The lowest BCUT2D eigenvalue weighted by Gasteiger charge is -2.27. The number of nitrogens with one attached hydrogen (secondary N) is 1. The molecule has 3 nitrogen and oxygen atoms in total. The average Bonchev–Trinajstić information content (AvgIpc) is 2.65. The molecule has 0 atom stereocenters. The second kappa shape index (κ2) is 6.57. The predicted octanol–water partition coefficient (Wildman–Crippen LogP) is 3.66. The maximum absolute atomic E-state index is 4.49. The Morgan fingerprint density at radius 1 is 1.15 bits per heavy atom. The van der Waals surface area contributed by atoms with Crippen LogP contribution in [0.5, 0.6) is 0 Å². The molecular formula is C17H29N3. The summed E-state index contributed by atoms with van der Waals surface area (Å²) in [6.45, 7) is 12.0. The SMILES string of the molecule is Cc1cc(N2CCCCCC2)c(CNC(C)(C)C)cn1. The Labute approximate surface area is 123 Å². The van der Waals surface area contributed by atoms with E-state index in [0.717, 1.165) is 12.2 Å². The van der Waals surface area contributed by atoms with Crippen molar-refractivity contribution in [2.24, 2.45) is 0 Å². The molecule has 1 N–H and O–H groups in total. The van der Waals surface area contributed by atoms with Crippen LogP contribution in [0.15, 0.2) is 12.3 Å². The van der Waals surface area contributed by atoms with Crippen molar-refractivity contribution in [2.75, 3.05) is 18.0 Å². The fraction of sp³-hybridized carbons (Fsp3) is 0.706. The van der Waals surface area contributed by atoms with Crippen LogP contribution in [-0.4, -0.2) is 23.6 Å². The summed E-state index contributed by atoms with van der Waals surface area (Å²) in [5.41, 5.74) is 3.97. The first-order valence-electron chi connectivity index (χ1n) is 7.91. The van der Waals surface area contributed by atoms with Gasteiger partial charge in [0, 0.05) is 48.3 Å². The lowest BCUT2D eigenvalue weighted by molar-refractivity contribution is 0.424. The van der Waals surface area contributed by atoms with E-state index in [-0.39, 0.29) is 5.54 Å². The summed E-state index contributed by atoms with van der Waals surface area (Å²) < 4.78 is 0. The standard InChI is InChI=1S/C17H29N3/c1-14-11-16(20-9-7-5-6-8-10-20)15(12-18-14)13-19-17(2,3)4/h11-12,19H,5-10,13H2,1-4H3. The minimum absolute atomic E-state index is 0.140. The third kappa shape index (κ3) is 4.48. The molecule has 2 rings (SSSR count). The molecule has 1 aliphatic heterocycles. The highest BCUT2D eigenvalue weighted by Crippen LogP contribution is 2.24. The Kier molecular flexibility index (Phi) is 5.03. The topological polar surface area (TPSA) is 28.2 Å². The summed E-state index contributed by atoms with van der Waals surface area (Å²) in [7, 11) is 0. The van der Waals surface area contributed by atoms with Gasteiger partial charge in [0.05, 0.1) is 0 Å². The van der Waals surface area contributed by atoms with Crippen LogP contribution >= 0.6 is 0 Å². The van der Waals surface area contributed by atoms with E-state index in [4.69, 9.17) is 0 Å². The Morgan fingerprint density at radius 2 is 1.80 bits per heavy atom. The predicted molar refractivity (Wildman–Crippen MR) is 86.2 cm³/mol. The van der Waals surface area contributed by atoms with Crippen LogP contribution in [0.25, 0.3) is 0 Å². The zero-order valence-corrected chi connectivity index (χ0v) is 13.5. The minimum atomic E-state index is 0.140. The molecule has 0 aliphatic carbocycles. The number of anilines is 1. The maximum Gasteiger partial charge on any atom is 0.0445 e. The first-order valence-corrected chi connectivity index (χ1v) is 7.91. The van der Waals surface area contributed by atoms with E-state index in [0.29, 0.717) is 0 Å². The third-order valence-corrected chi connectivity index (χ3v) is 3.85. The minimum Gasteiger partial charge on any atom is -0.371 e. The van der Waals surface area contributed by atoms with Gasteiger partial charge in [-0.2, -0.15) is 0 Å². The van der Waals surface area contributed by atoms with Crippen molar-refractivity contribution in [2.45, 2.75) is 65.5 Å². The molecule has 0 saturated carbocycles. The highest BCUT2D eigenvalue weighted by atomic mass is 15.1. The molecule has 2 heterocycles. The largest absolute Gasteiger partial charge is 0.371 e. The average molecular weight is 275 g/mol. The molecule has 1 aliphatic rings. The van der Waals surface area contributed by atoms with Crippen molar-refractivity contribution < 1.29 is 0 Å². The molecule has 1 aromatic heterocycles. The lowest BCUT2D eigenvalue weighted by atomic mass is 10.1. The molecule has 0 unspecified atom stereocenters. The van der Waals surface area contributed by atoms with Crippen LogP contribution < -0.4 is 10.2 Å². The highest BCUT2D eigenvalue weighted by molar-refractivity contribution is 5.53. The molecule has 0 amide bonds. The number of rotatable bonds is 3. The Morgan fingerprint density at radius 3 is 2.40 bits per heavy atom. The van der Waals surface area contributed by atoms with Gasteiger partial charge in [-0.05, 0) is 46.6 Å². The summed E-state index contributed by atoms with van der Waals surface area (Å²) in [4.78, 5) is 7.05. The Bertz CT molecular complexity index is 426. The van der Waals surface area contributed by atoms with Crippen LogP contribution in [0.3, 0.4) is 0 Å². The molecule has 1 saturated heterocycles. The number of aryl methyl sites for hydroxylation is 1.